The van der Waals surface area contributed by atoms with Gasteiger partial charge in [-0.05, 0) is 23.3 Å². The Hall–Kier alpha value is -3.41. The number of amides is 1. The largest absolute Gasteiger partial charge is 0.509 e. The third-order valence-corrected chi connectivity index (χ3v) is 6.19. The van der Waals surface area contributed by atoms with Gasteiger partial charge in [0.1, 0.15) is 11.8 Å². The minimum atomic E-state index is -0.562. The summed E-state index contributed by atoms with van der Waals surface area (Å²) in [5.74, 6) is -0.0479. The van der Waals surface area contributed by atoms with Crippen LogP contribution in [0.15, 0.2) is 102 Å². The Bertz CT molecular complexity index is 1090. The number of nitrogens with zero attached hydrogens (tertiary/aromatic N) is 2. The molecular weight excluding hydrogens is 400 g/mol. The van der Waals surface area contributed by atoms with E-state index in [4.69, 9.17) is 4.74 Å². The number of rotatable bonds is 5. The summed E-state index contributed by atoms with van der Waals surface area (Å²) in [6, 6.07) is 28.4. The lowest BCUT2D eigenvalue weighted by atomic mass is 9.94. The van der Waals surface area contributed by atoms with Crippen molar-refractivity contribution in [3.05, 3.63) is 113 Å². The van der Waals surface area contributed by atoms with E-state index in [0.29, 0.717) is 31.9 Å². The lowest BCUT2D eigenvalue weighted by Crippen LogP contribution is -2.41. The number of carbonyl (C=O) groups is 1. The second kappa shape index (κ2) is 8.99. The molecular formula is C27H26N2O3. The molecule has 0 aromatic heterocycles. The number of anilines is 1. The lowest BCUT2D eigenvalue weighted by Gasteiger charge is -2.35. The number of benzene rings is 3. The Labute approximate surface area is 188 Å². The van der Waals surface area contributed by atoms with Crippen LogP contribution in [0.1, 0.15) is 23.2 Å². The van der Waals surface area contributed by atoms with Gasteiger partial charge in [0.15, 0.2) is 0 Å². The summed E-state index contributed by atoms with van der Waals surface area (Å²) in [5.41, 5.74) is 3.08. The van der Waals surface area contributed by atoms with Gasteiger partial charge in [0.05, 0.1) is 24.8 Å². The van der Waals surface area contributed by atoms with E-state index in [1.54, 1.807) is 4.90 Å². The Morgan fingerprint density at radius 3 is 2.00 bits per heavy atom. The maximum Gasteiger partial charge on any atom is 0.260 e. The Kier molecular flexibility index (Phi) is 5.75. The van der Waals surface area contributed by atoms with Crippen LogP contribution in [0.4, 0.5) is 5.69 Å². The fraction of sp³-hybridized carbons (Fsp3) is 0.222. The number of para-hydroxylation sites is 1. The Morgan fingerprint density at radius 1 is 0.812 bits per heavy atom. The molecule has 2 heterocycles. The van der Waals surface area contributed by atoms with Crippen molar-refractivity contribution in [2.24, 2.45) is 0 Å². The van der Waals surface area contributed by atoms with Crippen LogP contribution >= 0.6 is 0 Å². The molecule has 1 amide bonds. The zero-order valence-corrected chi connectivity index (χ0v) is 17.8. The van der Waals surface area contributed by atoms with E-state index >= 15 is 0 Å². The topological polar surface area (TPSA) is 53.0 Å². The number of aliphatic hydroxyl groups excluding tert-OH is 1. The van der Waals surface area contributed by atoms with Crippen LogP contribution < -0.4 is 4.90 Å². The van der Waals surface area contributed by atoms with E-state index in [9.17, 15) is 9.90 Å². The van der Waals surface area contributed by atoms with Gasteiger partial charge >= 0.3 is 0 Å². The molecule has 0 radical (unpaired) electrons. The molecule has 0 spiro atoms. The molecule has 2 unspecified atom stereocenters. The Balaban J connectivity index is 1.66. The van der Waals surface area contributed by atoms with Gasteiger partial charge in [-0.2, -0.15) is 0 Å². The van der Waals surface area contributed by atoms with Gasteiger partial charge in [-0.1, -0.05) is 78.9 Å². The molecule has 2 aliphatic heterocycles. The highest BCUT2D eigenvalue weighted by Crippen LogP contribution is 2.45. The zero-order chi connectivity index (χ0) is 21.9. The predicted octanol–water partition coefficient (Wildman–Crippen LogP) is 4.66. The summed E-state index contributed by atoms with van der Waals surface area (Å²) in [4.78, 5) is 18.0. The van der Waals surface area contributed by atoms with E-state index in [0.717, 1.165) is 16.8 Å². The molecule has 2 aliphatic rings. The average molecular weight is 427 g/mol. The third kappa shape index (κ3) is 3.70. The third-order valence-electron chi connectivity index (χ3n) is 6.19. The maximum absolute atomic E-state index is 14.0. The monoisotopic (exact) mass is 426 g/mol. The van der Waals surface area contributed by atoms with Crippen molar-refractivity contribution in [2.75, 3.05) is 31.2 Å². The molecule has 5 nitrogen and oxygen atoms in total. The van der Waals surface area contributed by atoms with Crippen LogP contribution in [-0.2, 0) is 9.53 Å². The quantitative estimate of drug-likeness (QED) is 0.645. The maximum atomic E-state index is 14.0. The molecule has 32 heavy (non-hydrogen) atoms. The van der Waals surface area contributed by atoms with Crippen LogP contribution in [-0.4, -0.2) is 42.2 Å². The van der Waals surface area contributed by atoms with Crippen LogP contribution in [0, 0.1) is 0 Å². The molecule has 0 bridgehead atoms. The number of morpholine rings is 1. The standard InChI is InChI=1S/C27H26N2O3/c30-26-23(24(20-10-4-1-5-11-20)28-16-18-32-19-17-28)27(31)29(22-14-8-3-9-15-22)25(26)21-12-6-2-7-13-21/h1-15,24-25,30H,16-19H2. The molecule has 5 rings (SSSR count). The molecule has 1 N–H and O–H groups in total. The van der Waals surface area contributed by atoms with Crippen molar-refractivity contribution < 1.29 is 14.6 Å². The van der Waals surface area contributed by atoms with Gasteiger partial charge in [0.2, 0.25) is 0 Å². The van der Waals surface area contributed by atoms with Crippen molar-refractivity contribution in [1.29, 1.82) is 0 Å². The van der Waals surface area contributed by atoms with Gasteiger partial charge in [0.25, 0.3) is 5.91 Å². The van der Waals surface area contributed by atoms with Crippen molar-refractivity contribution in [3.8, 4) is 0 Å². The number of hydrogen-bond acceptors (Lipinski definition) is 4. The van der Waals surface area contributed by atoms with Crippen LogP contribution in [0.3, 0.4) is 0 Å². The molecule has 1 saturated heterocycles. The second-order valence-corrected chi connectivity index (χ2v) is 8.08. The van der Waals surface area contributed by atoms with Gasteiger partial charge in [-0.3, -0.25) is 14.6 Å². The first-order valence-corrected chi connectivity index (χ1v) is 11.0. The Morgan fingerprint density at radius 2 is 1.38 bits per heavy atom. The van der Waals surface area contributed by atoms with Gasteiger partial charge in [0, 0.05) is 18.8 Å². The van der Waals surface area contributed by atoms with E-state index in [1.807, 2.05) is 91.0 Å². The lowest BCUT2D eigenvalue weighted by molar-refractivity contribution is -0.115. The highest BCUT2D eigenvalue weighted by Gasteiger charge is 2.46. The SMILES string of the molecule is O=C1C(C(c2ccccc2)N2CCOCC2)=C(O)C(c2ccccc2)N1c1ccccc1. The molecule has 5 heteroatoms. The van der Waals surface area contributed by atoms with Gasteiger partial charge in [-0.25, -0.2) is 0 Å². The van der Waals surface area contributed by atoms with Crippen LogP contribution in [0.25, 0.3) is 0 Å². The highest BCUT2D eigenvalue weighted by atomic mass is 16.5. The minimum absolute atomic E-state index is 0.116. The predicted molar refractivity (Wildman–Crippen MR) is 124 cm³/mol. The molecule has 0 saturated carbocycles. The summed E-state index contributed by atoms with van der Waals surface area (Å²) < 4.78 is 5.57. The van der Waals surface area contributed by atoms with Crippen molar-refractivity contribution in [2.45, 2.75) is 12.1 Å². The van der Waals surface area contributed by atoms with E-state index in [1.165, 1.54) is 0 Å². The van der Waals surface area contributed by atoms with E-state index in [2.05, 4.69) is 4.90 Å². The summed E-state index contributed by atoms with van der Waals surface area (Å²) in [7, 11) is 0. The highest BCUT2D eigenvalue weighted by molar-refractivity contribution is 6.10. The van der Waals surface area contributed by atoms with Crippen molar-refractivity contribution in [3.63, 3.8) is 0 Å². The fourth-order valence-electron chi connectivity index (χ4n) is 4.71. The molecule has 1 fully saturated rings. The van der Waals surface area contributed by atoms with Crippen LogP contribution in [0.2, 0.25) is 0 Å². The zero-order valence-electron chi connectivity index (χ0n) is 17.8. The summed E-state index contributed by atoms with van der Waals surface area (Å²) in [6.45, 7) is 2.61. The molecule has 3 aromatic carbocycles. The number of ether oxygens (including phenoxy) is 1. The molecule has 0 aliphatic carbocycles. The molecule has 162 valence electrons. The second-order valence-electron chi connectivity index (χ2n) is 8.08. The molecule has 3 aromatic rings. The van der Waals surface area contributed by atoms with Gasteiger partial charge < -0.3 is 9.84 Å². The summed E-state index contributed by atoms with van der Waals surface area (Å²) in [5, 5.41) is 11.6. The normalized spacial score (nSPS) is 20.6. The first-order valence-electron chi connectivity index (χ1n) is 11.0. The number of aliphatic hydroxyl groups is 1. The van der Waals surface area contributed by atoms with E-state index < -0.39 is 6.04 Å². The van der Waals surface area contributed by atoms with Gasteiger partial charge in [-0.15, -0.1) is 0 Å². The first-order chi connectivity index (χ1) is 15.8. The minimum Gasteiger partial charge on any atom is -0.509 e. The van der Waals surface area contributed by atoms with Crippen molar-refractivity contribution >= 4 is 11.6 Å². The first kappa shape index (κ1) is 20.5. The fourth-order valence-corrected chi connectivity index (χ4v) is 4.71. The smallest absolute Gasteiger partial charge is 0.260 e. The van der Waals surface area contributed by atoms with E-state index in [-0.39, 0.29) is 17.7 Å². The summed E-state index contributed by atoms with van der Waals surface area (Å²) in [6.07, 6.45) is 0. The van der Waals surface area contributed by atoms with Crippen LogP contribution in [0.5, 0.6) is 0 Å². The molecule has 2 atom stereocenters. The summed E-state index contributed by atoms with van der Waals surface area (Å²) >= 11 is 0. The number of hydrogen-bond donors (Lipinski definition) is 1. The average Bonchev–Trinajstić information content (AvgIpc) is 3.12. The van der Waals surface area contributed by atoms with Crippen molar-refractivity contribution in [1.82, 2.24) is 4.90 Å². The number of carbonyl (C=O) groups excluding carboxylic acids is 1.